The van der Waals surface area contributed by atoms with Crippen molar-refractivity contribution in [2.24, 2.45) is 0 Å². The molecule has 1 saturated heterocycles. The predicted molar refractivity (Wildman–Crippen MR) is 108 cm³/mol. The van der Waals surface area contributed by atoms with E-state index < -0.39 is 23.4 Å². The topological polar surface area (TPSA) is 78.5 Å². The number of para-hydroxylation sites is 1. The second kappa shape index (κ2) is 7.84. The quantitative estimate of drug-likeness (QED) is 0.753. The molecule has 1 aliphatic heterocycles. The van der Waals surface area contributed by atoms with Crippen molar-refractivity contribution >= 4 is 23.5 Å². The highest BCUT2D eigenvalue weighted by molar-refractivity contribution is 6.10. The van der Waals surface area contributed by atoms with Crippen molar-refractivity contribution in [3.05, 3.63) is 65.7 Å². The molecule has 2 N–H and O–H groups in total. The SMILES string of the molecule is CC[C@@H](C)c1ccccc1NC(=O)CN1C(=O)N[C@](C)(c2ccccc2)C1=O. The maximum Gasteiger partial charge on any atom is 0.325 e. The van der Waals surface area contributed by atoms with E-state index in [-0.39, 0.29) is 12.5 Å². The predicted octanol–water partition coefficient (Wildman–Crippen LogP) is 3.61. The van der Waals surface area contributed by atoms with Crippen LogP contribution in [0.2, 0.25) is 0 Å². The molecular weight excluding hydrogens is 354 g/mol. The van der Waals surface area contributed by atoms with Crippen molar-refractivity contribution in [2.45, 2.75) is 38.6 Å². The van der Waals surface area contributed by atoms with Crippen LogP contribution in [-0.4, -0.2) is 29.3 Å². The third-order valence-corrected chi connectivity index (χ3v) is 5.31. The number of urea groups is 1. The Labute approximate surface area is 164 Å². The van der Waals surface area contributed by atoms with Crippen LogP contribution in [0, 0.1) is 0 Å². The summed E-state index contributed by atoms with van der Waals surface area (Å²) in [7, 11) is 0. The first-order valence-electron chi connectivity index (χ1n) is 9.45. The average Bonchev–Trinajstić information content (AvgIpc) is 2.92. The molecule has 28 heavy (non-hydrogen) atoms. The molecule has 6 heteroatoms. The summed E-state index contributed by atoms with van der Waals surface area (Å²) < 4.78 is 0. The maximum absolute atomic E-state index is 12.9. The number of benzene rings is 2. The van der Waals surface area contributed by atoms with E-state index in [4.69, 9.17) is 0 Å². The Balaban J connectivity index is 1.75. The van der Waals surface area contributed by atoms with Crippen LogP contribution in [0.5, 0.6) is 0 Å². The zero-order valence-electron chi connectivity index (χ0n) is 16.4. The smallest absolute Gasteiger partial charge is 0.324 e. The highest BCUT2D eigenvalue weighted by Crippen LogP contribution is 2.29. The van der Waals surface area contributed by atoms with E-state index in [9.17, 15) is 14.4 Å². The Hall–Kier alpha value is -3.15. The van der Waals surface area contributed by atoms with Crippen LogP contribution < -0.4 is 10.6 Å². The van der Waals surface area contributed by atoms with Crippen molar-refractivity contribution in [3.8, 4) is 0 Å². The van der Waals surface area contributed by atoms with Crippen molar-refractivity contribution in [2.75, 3.05) is 11.9 Å². The zero-order valence-corrected chi connectivity index (χ0v) is 16.4. The number of anilines is 1. The Morgan fingerprint density at radius 3 is 2.43 bits per heavy atom. The fraction of sp³-hybridized carbons (Fsp3) is 0.318. The highest BCUT2D eigenvalue weighted by Gasteiger charge is 2.49. The minimum atomic E-state index is -1.17. The van der Waals surface area contributed by atoms with Crippen LogP contribution in [0.3, 0.4) is 0 Å². The van der Waals surface area contributed by atoms with Gasteiger partial charge in [-0.3, -0.25) is 14.5 Å². The van der Waals surface area contributed by atoms with Gasteiger partial charge in [0.25, 0.3) is 5.91 Å². The van der Waals surface area contributed by atoms with Crippen LogP contribution >= 0.6 is 0 Å². The van der Waals surface area contributed by atoms with E-state index in [2.05, 4.69) is 24.5 Å². The number of imide groups is 1. The summed E-state index contributed by atoms with van der Waals surface area (Å²) in [4.78, 5) is 38.9. The van der Waals surface area contributed by atoms with Gasteiger partial charge in [-0.1, -0.05) is 62.4 Å². The highest BCUT2D eigenvalue weighted by atomic mass is 16.2. The first kappa shape index (κ1) is 19.6. The van der Waals surface area contributed by atoms with E-state index in [1.54, 1.807) is 31.2 Å². The lowest BCUT2D eigenvalue weighted by Gasteiger charge is -2.22. The molecule has 0 radical (unpaired) electrons. The Morgan fingerprint density at radius 1 is 1.11 bits per heavy atom. The number of carbonyl (C=O) groups is 3. The van der Waals surface area contributed by atoms with Gasteiger partial charge in [0.05, 0.1) is 0 Å². The molecule has 146 valence electrons. The third-order valence-electron chi connectivity index (χ3n) is 5.31. The van der Waals surface area contributed by atoms with Gasteiger partial charge in [-0.15, -0.1) is 0 Å². The van der Waals surface area contributed by atoms with Gasteiger partial charge in [0.1, 0.15) is 12.1 Å². The Kier molecular flexibility index (Phi) is 5.49. The molecule has 0 saturated carbocycles. The van der Waals surface area contributed by atoms with Crippen LogP contribution in [-0.2, 0) is 15.1 Å². The van der Waals surface area contributed by atoms with Crippen LogP contribution in [0.4, 0.5) is 10.5 Å². The van der Waals surface area contributed by atoms with Crippen molar-refractivity contribution in [1.29, 1.82) is 0 Å². The minimum Gasteiger partial charge on any atom is -0.324 e. The molecule has 1 aliphatic rings. The van der Waals surface area contributed by atoms with Gasteiger partial charge >= 0.3 is 6.03 Å². The summed E-state index contributed by atoms with van der Waals surface area (Å²) in [5.41, 5.74) is 1.25. The maximum atomic E-state index is 12.9. The summed E-state index contributed by atoms with van der Waals surface area (Å²) >= 11 is 0. The number of nitrogens with one attached hydrogen (secondary N) is 2. The van der Waals surface area contributed by atoms with Gasteiger partial charge in [-0.2, -0.15) is 0 Å². The molecule has 3 rings (SSSR count). The standard InChI is InChI=1S/C22H25N3O3/c1-4-15(2)17-12-8-9-13-18(17)23-19(26)14-25-20(27)22(3,24-21(25)28)16-10-6-5-7-11-16/h5-13,15H,4,14H2,1-3H3,(H,23,26)(H,24,28)/t15-,22-/m1/s1. The van der Waals surface area contributed by atoms with E-state index in [1.165, 1.54) is 0 Å². The number of nitrogens with zero attached hydrogens (tertiary/aromatic N) is 1. The lowest BCUT2D eigenvalue weighted by atomic mass is 9.92. The van der Waals surface area contributed by atoms with Gasteiger partial charge in [-0.05, 0) is 36.5 Å². The molecule has 2 atom stereocenters. The zero-order chi connectivity index (χ0) is 20.3. The van der Waals surface area contributed by atoms with Crippen molar-refractivity contribution < 1.29 is 14.4 Å². The van der Waals surface area contributed by atoms with Crippen molar-refractivity contribution in [3.63, 3.8) is 0 Å². The van der Waals surface area contributed by atoms with Gasteiger partial charge in [0.15, 0.2) is 0 Å². The Bertz CT molecular complexity index is 897. The fourth-order valence-corrected chi connectivity index (χ4v) is 3.40. The second-order valence-corrected chi connectivity index (χ2v) is 7.26. The number of rotatable bonds is 6. The molecule has 0 unspecified atom stereocenters. The summed E-state index contributed by atoms with van der Waals surface area (Å²) in [6.45, 7) is 5.50. The molecule has 0 bridgehead atoms. The van der Waals surface area contributed by atoms with Crippen molar-refractivity contribution in [1.82, 2.24) is 10.2 Å². The molecule has 1 heterocycles. The lowest BCUT2D eigenvalue weighted by molar-refractivity contribution is -0.133. The fourth-order valence-electron chi connectivity index (χ4n) is 3.40. The van der Waals surface area contributed by atoms with Gasteiger partial charge in [0, 0.05) is 5.69 Å². The molecule has 0 aliphatic carbocycles. The summed E-state index contributed by atoms with van der Waals surface area (Å²) in [6.07, 6.45) is 0.940. The number of carbonyl (C=O) groups excluding carboxylic acids is 3. The second-order valence-electron chi connectivity index (χ2n) is 7.26. The lowest BCUT2D eigenvalue weighted by Crippen LogP contribution is -2.42. The third kappa shape index (κ3) is 3.63. The molecular formula is C22H25N3O3. The van der Waals surface area contributed by atoms with E-state index in [0.29, 0.717) is 11.3 Å². The number of hydrogen-bond donors (Lipinski definition) is 2. The minimum absolute atomic E-state index is 0.287. The number of amides is 4. The normalized spacial score (nSPS) is 20.0. The van der Waals surface area contributed by atoms with Crippen LogP contribution in [0.15, 0.2) is 54.6 Å². The first-order valence-corrected chi connectivity index (χ1v) is 9.45. The molecule has 6 nitrogen and oxygen atoms in total. The molecule has 1 fully saturated rings. The largest absolute Gasteiger partial charge is 0.325 e. The van der Waals surface area contributed by atoms with E-state index >= 15 is 0 Å². The Morgan fingerprint density at radius 2 is 1.75 bits per heavy atom. The van der Waals surface area contributed by atoms with Gasteiger partial charge in [-0.25, -0.2) is 4.79 Å². The van der Waals surface area contributed by atoms with Gasteiger partial charge < -0.3 is 10.6 Å². The molecule has 2 aromatic carbocycles. The molecule has 4 amide bonds. The summed E-state index contributed by atoms with van der Waals surface area (Å²) in [5.74, 6) is -0.555. The molecule has 0 spiro atoms. The van der Waals surface area contributed by atoms with Gasteiger partial charge in [0.2, 0.25) is 5.91 Å². The summed E-state index contributed by atoms with van der Waals surface area (Å²) in [5, 5.41) is 5.56. The number of hydrogen-bond acceptors (Lipinski definition) is 3. The van der Waals surface area contributed by atoms with E-state index in [0.717, 1.165) is 16.9 Å². The van der Waals surface area contributed by atoms with E-state index in [1.807, 2.05) is 30.3 Å². The average molecular weight is 379 g/mol. The monoisotopic (exact) mass is 379 g/mol. The summed E-state index contributed by atoms with van der Waals surface area (Å²) in [6, 6.07) is 16.0. The van der Waals surface area contributed by atoms with Crippen LogP contribution in [0.1, 0.15) is 44.2 Å². The van der Waals surface area contributed by atoms with Crippen LogP contribution in [0.25, 0.3) is 0 Å². The first-order chi connectivity index (χ1) is 13.4. The molecule has 2 aromatic rings. The molecule has 0 aromatic heterocycles.